The molecular weight excluding hydrogens is 314 g/mol. The second-order valence-electron chi connectivity index (χ2n) is 4.97. The van der Waals surface area contributed by atoms with Crippen molar-refractivity contribution in [2.75, 3.05) is 6.54 Å². The van der Waals surface area contributed by atoms with Gasteiger partial charge in [0.15, 0.2) is 0 Å². The van der Waals surface area contributed by atoms with Crippen molar-refractivity contribution in [3.63, 3.8) is 0 Å². The molecule has 0 spiro atoms. The van der Waals surface area contributed by atoms with Crippen LogP contribution in [0.4, 0.5) is 0 Å². The van der Waals surface area contributed by atoms with Crippen LogP contribution in [0.5, 0.6) is 0 Å². The first-order valence-corrected chi connectivity index (χ1v) is 10.1. The average molecular weight is 364 g/mol. The Labute approximate surface area is 167 Å². The number of hydrogen-bond acceptors (Lipinski definition) is 1. The molecule has 0 saturated carbocycles. The lowest BCUT2D eigenvalue weighted by molar-refractivity contribution is 1.09. The quantitative estimate of drug-likeness (QED) is 0.262. The molecule has 26 heavy (non-hydrogen) atoms. The Balaban J connectivity index is -0.000000111. The van der Waals surface area contributed by atoms with Gasteiger partial charge in [0.1, 0.15) is 0 Å². The van der Waals surface area contributed by atoms with Crippen LogP contribution in [0.25, 0.3) is 0 Å². The van der Waals surface area contributed by atoms with Crippen LogP contribution in [-0.2, 0) is 0 Å². The molecule has 0 aliphatic carbocycles. The maximum atomic E-state index is 4.46. The lowest BCUT2D eigenvalue weighted by Crippen LogP contribution is -2.07. The molecule has 0 aliphatic heterocycles. The number of rotatable bonds is 5. The summed E-state index contributed by atoms with van der Waals surface area (Å²) in [4.78, 5) is 4.46. The molecule has 0 aromatic heterocycles. The molecule has 0 aliphatic rings. The first-order chi connectivity index (χ1) is 12.3. The zero-order valence-electron chi connectivity index (χ0n) is 20.2. The van der Waals surface area contributed by atoms with E-state index >= 15 is 0 Å². The number of nitrogens with zero attached hydrogens (tertiary/aromatic N) is 1. The highest BCUT2D eigenvalue weighted by molar-refractivity contribution is 6.14. The highest BCUT2D eigenvalue weighted by Crippen LogP contribution is 2.16. The van der Waals surface area contributed by atoms with Crippen LogP contribution in [0.15, 0.2) is 65.2 Å². The van der Waals surface area contributed by atoms with Gasteiger partial charge in [0, 0.05) is 6.54 Å². The first-order valence-electron chi connectivity index (χ1n) is 10.1. The summed E-state index contributed by atoms with van der Waals surface area (Å²) in [5.74, 6) is 0. The minimum Gasteiger partial charge on any atom is -0.285 e. The normalized spacial score (nSPS) is 10.2. The Morgan fingerprint density at radius 2 is 1.19 bits per heavy atom. The van der Waals surface area contributed by atoms with Gasteiger partial charge in [-0.05, 0) is 63.8 Å². The van der Waals surface area contributed by atoms with Gasteiger partial charge >= 0.3 is 0 Å². The molecule has 1 nitrogen and oxygen atoms in total. The fraction of sp³-hybridized carbons (Fsp3) is 0.560. The maximum Gasteiger partial charge on any atom is 0.0674 e. The molecule has 0 rings (SSSR count). The van der Waals surface area contributed by atoms with Gasteiger partial charge in [-0.25, -0.2) is 0 Å². The predicted octanol–water partition coefficient (Wildman–Crippen LogP) is 9.15. The van der Waals surface area contributed by atoms with Crippen molar-refractivity contribution >= 4 is 5.71 Å². The van der Waals surface area contributed by atoms with Crippen molar-refractivity contribution in [3.8, 4) is 0 Å². The van der Waals surface area contributed by atoms with Gasteiger partial charge in [-0.3, -0.25) is 4.99 Å². The van der Waals surface area contributed by atoms with E-state index in [4.69, 9.17) is 0 Å². The van der Waals surface area contributed by atoms with Crippen molar-refractivity contribution < 1.29 is 0 Å². The van der Waals surface area contributed by atoms with Crippen LogP contribution >= 0.6 is 0 Å². The lowest BCUT2D eigenvalue weighted by atomic mass is 9.96. The SMILES string of the molecule is C=C/C(C)=C(/C)C(=NCC)C(=C)C(=C)C.CC.CC.CC=CC.CCC. The van der Waals surface area contributed by atoms with E-state index in [2.05, 4.69) is 38.6 Å². The van der Waals surface area contributed by atoms with Crippen molar-refractivity contribution in [3.05, 3.63) is 60.3 Å². The third kappa shape index (κ3) is 24.6. The molecule has 154 valence electrons. The Morgan fingerprint density at radius 3 is 1.38 bits per heavy atom. The molecule has 0 aromatic rings. The van der Waals surface area contributed by atoms with Crippen LogP contribution < -0.4 is 0 Å². The van der Waals surface area contributed by atoms with Crippen LogP contribution in [0.2, 0.25) is 0 Å². The summed E-state index contributed by atoms with van der Waals surface area (Å²) in [6.45, 7) is 36.7. The van der Waals surface area contributed by atoms with Gasteiger partial charge in [-0.2, -0.15) is 0 Å². The van der Waals surface area contributed by atoms with Crippen LogP contribution in [0.3, 0.4) is 0 Å². The Morgan fingerprint density at radius 1 is 0.846 bits per heavy atom. The summed E-state index contributed by atoms with van der Waals surface area (Å²) >= 11 is 0. The second kappa shape index (κ2) is 31.2. The Bertz CT molecular complexity index is 413. The van der Waals surface area contributed by atoms with Crippen molar-refractivity contribution in [2.24, 2.45) is 4.99 Å². The minimum absolute atomic E-state index is 0.753. The van der Waals surface area contributed by atoms with E-state index < -0.39 is 0 Å². The van der Waals surface area contributed by atoms with Crippen molar-refractivity contribution in [2.45, 2.75) is 89.5 Å². The van der Waals surface area contributed by atoms with Gasteiger partial charge in [0.25, 0.3) is 0 Å². The highest BCUT2D eigenvalue weighted by Gasteiger charge is 2.08. The fourth-order valence-corrected chi connectivity index (χ4v) is 1.14. The molecule has 0 unspecified atom stereocenters. The largest absolute Gasteiger partial charge is 0.285 e. The standard InChI is InChI=1S/C14H21N.C4H8.C3H8.2C2H6/c1-8-11(5)13(7)14(15-9-2)12(6)10(3)4;1-3-4-2;1-3-2;2*1-2/h8H,1,3,6,9H2,2,4-5,7H3;3-4H,1-2H3;3H2,1-2H3;2*1-2H3/b13-11-,15-14?;;;;. The van der Waals surface area contributed by atoms with Crippen LogP contribution in [-0.4, -0.2) is 12.3 Å². The molecule has 0 fully saturated rings. The van der Waals surface area contributed by atoms with Crippen LogP contribution in [0, 0.1) is 0 Å². The molecule has 0 amide bonds. The van der Waals surface area contributed by atoms with E-state index in [1.165, 1.54) is 6.42 Å². The maximum absolute atomic E-state index is 4.46. The Kier molecular flexibility index (Phi) is 42.5. The summed E-state index contributed by atoms with van der Waals surface area (Å²) < 4.78 is 0. The third-order valence-electron chi connectivity index (χ3n) is 2.70. The fourth-order valence-electron chi connectivity index (χ4n) is 1.14. The van der Waals surface area contributed by atoms with Gasteiger partial charge in [0.05, 0.1) is 5.71 Å². The zero-order chi connectivity index (χ0) is 22.1. The van der Waals surface area contributed by atoms with Gasteiger partial charge in [-0.1, -0.05) is 85.9 Å². The first kappa shape index (κ1) is 35.5. The summed E-state index contributed by atoms with van der Waals surface area (Å²) in [5, 5.41) is 0. The topological polar surface area (TPSA) is 12.4 Å². The monoisotopic (exact) mass is 363 g/mol. The predicted molar refractivity (Wildman–Crippen MR) is 130 cm³/mol. The molecule has 0 bridgehead atoms. The molecule has 0 radical (unpaired) electrons. The smallest absolute Gasteiger partial charge is 0.0674 e. The van der Waals surface area contributed by atoms with E-state index in [0.717, 1.165) is 34.5 Å². The minimum atomic E-state index is 0.753. The highest BCUT2D eigenvalue weighted by atomic mass is 14.7. The summed E-state index contributed by atoms with van der Waals surface area (Å²) in [7, 11) is 0. The van der Waals surface area contributed by atoms with Crippen molar-refractivity contribution in [1.29, 1.82) is 0 Å². The molecule has 1 heteroatoms. The summed E-state index contributed by atoms with van der Waals surface area (Å²) in [6.07, 6.45) is 7.09. The summed E-state index contributed by atoms with van der Waals surface area (Å²) in [5.41, 5.74) is 5.07. The molecule has 0 heterocycles. The molecule has 0 N–H and O–H groups in total. The number of allylic oxidation sites excluding steroid dienone is 7. The van der Waals surface area contributed by atoms with E-state index in [1.807, 2.05) is 87.5 Å². The van der Waals surface area contributed by atoms with E-state index in [9.17, 15) is 0 Å². The van der Waals surface area contributed by atoms with Gasteiger partial charge in [-0.15, -0.1) is 0 Å². The van der Waals surface area contributed by atoms with Gasteiger partial charge in [0.2, 0.25) is 0 Å². The molecule has 0 atom stereocenters. The average Bonchev–Trinajstić information content (AvgIpc) is 2.68. The Hall–Kier alpha value is -1.63. The van der Waals surface area contributed by atoms with E-state index in [1.54, 1.807) is 0 Å². The van der Waals surface area contributed by atoms with Gasteiger partial charge < -0.3 is 0 Å². The number of aliphatic imine (C=N–C) groups is 1. The van der Waals surface area contributed by atoms with Crippen LogP contribution in [0.1, 0.15) is 89.5 Å². The summed E-state index contributed by atoms with van der Waals surface area (Å²) in [6, 6.07) is 0. The second-order valence-corrected chi connectivity index (χ2v) is 4.97. The molecular formula is C25H49N. The third-order valence-corrected chi connectivity index (χ3v) is 2.70. The van der Waals surface area contributed by atoms with E-state index in [0.29, 0.717) is 0 Å². The van der Waals surface area contributed by atoms with E-state index in [-0.39, 0.29) is 0 Å². The lowest BCUT2D eigenvalue weighted by Gasteiger charge is -2.12. The zero-order valence-corrected chi connectivity index (χ0v) is 20.2. The van der Waals surface area contributed by atoms with Crippen molar-refractivity contribution in [1.82, 2.24) is 0 Å². The molecule has 0 saturated heterocycles. The number of hydrogen-bond donors (Lipinski definition) is 0. The molecule has 0 aromatic carbocycles.